The quantitative estimate of drug-likeness (QED) is 0.797. The number of rotatable bonds is 3. The van der Waals surface area contributed by atoms with Gasteiger partial charge in [-0.05, 0) is 13.8 Å². The first-order valence-electron chi connectivity index (χ1n) is 5.25. The molecule has 2 heterocycles. The molecule has 17 heavy (non-hydrogen) atoms. The summed E-state index contributed by atoms with van der Waals surface area (Å²) in [5, 5.41) is 7.32. The lowest BCUT2D eigenvalue weighted by atomic mass is 10.3. The van der Waals surface area contributed by atoms with Crippen LogP contribution in [0.15, 0.2) is 6.33 Å². The van der Waals surface area contributed by atoms with Crippen LogP contribution in [0.2, 0.25) is 0 Å². The molecule has 7 nitrogen and oxygen atoms in total. The maximum Gasteiger partial charge on any atom is 0.169 e. The average molecular weight is 233 g/mol. The van der Waals surface area contributed by atoms with Gasteiger partial charge in [-0.15, -0.1) is 0 Å². The van der Waals surface area contributed by atoms with E-state index in [9.17, 15) is 0 Å². The molecule has 0 fully saturated rings. The summed E-state index contributed by atoms with van der Waals surface area (Å²) in [5.74, 6) is 2.57. The fraction of sp³-hybridized carbons (Fsp3) is 0.400. The van der Waals surface area contributed by atoms with Gasteiger partial charge in [-0.2, -0.15) is 5.10 Å². The van der Waals surface area contributed by atoms with Crippen LogP contribution in [0.25, 0.3) is 0 Å². The molecule has 0 saturated heterocycles. The molecule has 0 unspecified atom stereocenters. The summed E-state index contributed by atoms with van der Waals surface area (Å²) in [6, 6.07) is 0. The van der Waals surface area contributed by atoms with Crippen LogP contribution in [0, 0.1) is 13.8 Å². The Bertz CT molecular complexity index is 531. The van der Waals surface area contributed by atoms with Crippen LogP contribution < -0.4 is 11.1 Å². The second-order valence-corrected chi connectivity index (χ2v) is 3.82. The molecule has 0 amide bonds. The molecular formula is C10H15N7. The van der Waals surface area contributed by atoms with Gasteiger partial charge in [0.05, 0.1) is 6.54 Å². The summed E-state index contributed by atoms with van der Waals surface area (Å²) in [6.07, 6.45) is 1.66. The molecule has 0 radical (unpaired) electrons. The first-order valence-corrected chi connectivity index (χ1v) is 5.25. The van der Waals surface area contributed by atoms with Gasteiger partial charge >= 0.3 is 0 Å². The normalized spacial score (nSPS) is 10.5. The Morgan fingerprint density at radius 3 is 2.76 bits per heavy atom. The molecule has 0 aliphatic carbocycles. The molecule has 0 atom stereocenters. The molecular weight excluding hydrogens is 218 g/mol. The molecule has 2 rings (SSSR count). The number of hydrogen-bond donors (Lipinski definition) is 2. The fourth-order valence-electron chi connectivity index (χ4n) is 1.45. The van der Waals surface area contributed by atoms with E-state index in [1.54, 1.807) is 17.9 Å². The number of hydrogen-bond acceptors (Lipinski definition) is 6. The Morgan fingerprint density at radius 2 is 2.12 bits per heavy atom. The van der Waals surface area contributed by atoms with Crippen molar-refractivity contribution in [3.63, 3.8) is 0 Å². The van der Waals surface area contributed by atoms with Gasteiger partial charge in [0, 0.05) is 12.6 Å². The summed E-state index contributed by atoms with van der Waals surface area (Å²) in [4.78, 5) is 12.5. The van der Waals surface area contributed by atoms with E-state index in [4.69, 9.17) is 5.73 Å². The molecule has 90 valence electrons. The van der Waals surface area contributed by atoms with Gasteiger partial charge in [-0.3, -0.25) is 4.68 Å². The van der Waals surface area contributed by atoms with Crippen molar-refractivity contribution in [2.24, 2.45) is 7.05 Å². The van der Waals surface area contributed by atoms with E-state index in [0.717, 1.165) is 11.4 Å². The van der Waals surface area contributed by atoms with Crippen LogP contribution in [-0.2, 0) is 13.6 Å². The van der Waals surface area contributed by atoms with Crippen molar-refractivity contribution in [3.8, 4) is 0 Å². The smallest absolute Gasteiger partial charge is 0.169 e. The van der Waals surface area contributed by atoms with Crippen molar-refractivity contribution in [2.45, 2.75) is 20.4 Å². The SMILES string of the molecule is Cc1nc(N)c(C)c(NCc2ncn(C)n2)n1. The maximum absolute atomic E-state index is 5.77. The average Bonchev–Trinajstić information content (AvgIpc) is 2.67. The molecule has 3 N–H and O–H groups in total. The zero-order valence-corrected chi connectivity index (χ0v) is 10.1. The van der Waals surface area contributed by atoms with Crippen molar-refractivity contribution in [2.75, 3.05) is 11.1 Å². The zero-order chi connectivity index (χ0) is 12.4. The Hall–Kier alpha value is -2.18. The van der Waals surface area contributed by atoms with E-state index >= 15 is 0 Å². The third-order valence-electron chi connectivity index (χ3n) is 2.36. The van der Waals surface area contributed by atoms with Gasteiger partial charge in [0.1, 0.15) is 23.8 Å². The largest absolute Gasteiger partial charge is 0.383 e. The van der Waals surface area contributed by atoms with E-state index < -0.39 is 0 Å². The summed E-state index contributed by atoms with van der Waals surface area (Å²) in [5.41, 5.74) is 6.61. The summed E-state index contributed by atoms with van der Waals surface area (Å²) in [7, 11) is 1.83. The number of nitrogen functional groups attached to an aromatic ring is 1. The zero-order valence-electron chi connectivity index (χ0n) is 10.1. The predicted molar refractivity (Wildman–Crippen MR) is 64.2 cm³/mol. The number of anilines is 2. The van der Waals surface area contributed by atoms with Gasteiger partial charge in [-0.1, -0.05) is 0 Å². The molecule has 0 aromatic carbocycles. The molecule has 0 aliphatic rings. The lowest BCUT2D eigenvalue weighted by molar-refractivity contribution is 0.746. The fourth-order valence-corrected chi connectivity index (χ4v) is 1.45. The highest BCUT2D eigenvalue weighted by Gasteiger charge is 2.07. The monoisotopic (exact) mass is 233 g/mol. The first kappa shape index (κ1) is 11.3. The highest BCUT2D eigenvalue weighted by molar-refractivity contribution is 5.54. The molecule has 0 spiro atoms. The number of nitrogens with two attached hydrogens (primary N) is 1. The second-order valence-electron chi connectivity index (χ2n) is 3.82. The van der Waals surface area contributed by atoms with Crippen LogP contribution in [-0.4, -0.2) is 24.7 Å². The number of nitrogens with one attached hydrogen (secondary N) is 1. The molecule has 0 aliphatic heterocycles. The molecule has 0 saturated carbocycles. The molecule has 2 aromatic heterocycles. The van der Waals surface area contributed by atoms with Gasteiger partial charge in [0.2, 0.25) is 0 Å². The van der Waals surface area contributed by atoms with Crippen LogP contribution in [0.1, 0.15) is 17.2 Å². The summed E-state index contributed by atoms with van der Waals surface area (Å²) >= 11 is 0. The Kier molecular flexibility index (Phi) is 2.90. The minimum atomic E-state index is 0.494. The van der Waals surface area contributed by atoms with Crippen molar-refractivity contribution in [1.29, 1.82) is 0 Å². The van der Waals surface area contributed by atoms with Crippen molar-refractivity contribution in [1.82, 2.24) is 24.7 Å². The van der Waals surface area contributed by atoms with Crippen LogP contribution in [0.4, 0.5) is 11.6 Å². The Labute approximate surface area is 99.1 Å². The van der Waals surface area contributed by atoms with E-state index in [1.165, 1.54) is 0 Å². The van der Waals surface area contributed by atoms with Gasteiger partial charge in [-0.25, -0.2) is 15.0 Å². The van der Waals surface area contributed by atoms with Crippen LogP contribution in [0.3, 0.4) is 0 Å². The van der Waals surface area contributed by atoms with Crippen molar-refractivity contribution in [3.05, 3.63) is 23.5 Å². The summed E-state index contributed by atoms with van der Waals surface area (Å²) in [6.45, 7) is 4.19. The third-order valence-corrected chi connectivity index (χ3v) is 2.36. The van der Waals surface area contributed by atoms with E-state index in [1.807, 2.05) is 14.0 Å². The predicted octanol–water partition coefficient (Wildman–Crippen LogP) is 0.416. The highest BCUT2D eigenvalue weighted by Crippen LogP contribution is 2.17. The van der Waals surface area contributed by atoms with E-state index in [0.29, 0.717) is 24.0 Å². The maximum atomic E-state index is 5.77. The second kappa shape index (κ2) is 4.36. The van der Waals surface area contributed by atoms with Crippen molar-refractivity contribution < 1.29 is 0 Å². The van der Waals surface area contributed by atoms with Gasteiger partial charge < -0.3 is 11.1 Å². The number of aromatic nitrogens is 5. The molecule has 2 aromatic rings. The Morgan fingerprint density at radius 1 is 1.35 bits per heavy atom. The number of aryl methyl sites for hydroxylation is 2. The molecule has 0 bridgehead atoms. The molecule has 7 heteroatoms. The minimum Gasteiger partial charge on any atom is -0.383 e. The van der Waals surface area contributed by atoms with Crippen molar-refractivity contribution >= 4 is 11.6 Å². The summed E-state index contributed by atoms with van der Waals surface area (Å²) < 4.78 is 1.66. The van der Waals surface area contributed by atoms with E-state index in [2.05, 4.69) is 25.4 Å². The lowest BCUT2D eigenvalue weighted by Gasteiger charge is -2.09. The Balaban J connectivity index is 2.14. The highest BCUT2D eigenvalue weighted by atomic mass is 15.3. The minimum absolute atomic E-state index is 0.494. The third kappa shape index (κ3) is 2.49. The van der Waals surface area contributed by atoms with Gasteiger partial charge in [0.15, 0.2) is 5.82 Å². The standard InChI is InChI=1S/C10H15N7/c1-6-9(11)14-7(2)15-10(6)12-4-8-13-5-17(3)16-8/h5H,4H2,1-3H3,(H3,11,12,14,15). The van der Waals surface area contributed by atoms with Crippen LogP contribution in [0.5, 0.6) is 0 Å². The van der Waals surface area contributed by atoms with Crippen LogP contribution >= 0.6 is 0 Å². The van der Waals surface area contributed by atoms with E-state index in [-0.39, 0.29) is 0 Å². The topological polar surface area (TPSA) is 94.5 Å². The first-order chi connectivity index (χ1) is 8.06. The lowest BCUT2D eigenvalue weighted by Crippen LogP contribution is -2.09. The van der Waals surface area contributed by atoms with Gasteiger partial charge in [0.25, 0.3) is 0 Å². The number of nitrogens with zero attached hydrogens (tertiary/aromatic N) is 5.